The molecule has 0 radical (unpaired) electrons. The molecule has 0 saturated carbocycles. The predicted octanol–water partition coefficient (Wildman–Crippen LogP) is 5.45. The maximum atomic E-state index is 6.31. The first-order valence-corrected chi connectivity index (χ1v) is 8.09. The molecule has 4 heteroatoms. The molecule has 3 atom stereocenters. The third kappa shape index (κ3) is 3.81. The van der Waals surface area contributed by atoms with Gasteiger partial charge >= 0.3 is 0 Å². The highest BCUT2D eigenvalue weighted by Crippen LogP contribution is 2.42. The van der Waals surface area contributed by atoms with Crippen LogP contribution in [0.4, 0.5) is 0 Å². The molecule has 2 nitrogen and oxygen atoms in total. The van der Waals surface area contributed by atoms with Crippen LogP contribution in [0.5, 0.6) is 5.75 Å². The molecule has 1 aromatic carbocycles. The van der Waals surface area contributed by atoms with Crippen LogP contribution in [0.25, 0.3) is 0 Å². The monoisotopic (exact) mass is 316 g/mol. The van der Waals surface area contributed by atoms with E-state index in [9.17, 15) is 0 Å². The summed E-state index contributed by atoms with van der Waals surface area (Å²) in [5, 5.41) is 1.27. The van der Waals surface area contributed by atoms with Gasteiger partial charge in [-0.2, -0.15) is 0 Å². The van der Waals surface area contributed by atoms with Crippen LogP contribution in [0.2, 0.25) is 10.0 Å². The zero-order valence-corrected chi connectivity index (χ0v) is 13.8. The van der Waals surface area contributed by atoms with Gasteiger partial charge in [0.05, 0.1) is 23.8 Å². The van der Waals surface area contributed by atoms with E-state index in [0.717, 1.165) is 30.6 Å². The molecule has 1 aromatic rings. The van der Waals surface area contributed by atoms with E-state index in [1.54, 1.807) is 6.07 Å². The lowest BCUT2D eigenvalue weighted by Crippen LogP contribution is -2.07. The normalized spacial score (nSPS) is 22.6. The number of benzene rings is 1. The number of ether oxygens (including phenoxy) is 2. The van der Waals surface area contributed by atoms with Gasteiger partial charge in [0.15, 0.2) is 0 Å². The topological polar surface area (TPSA) is 21.8 Å². The van der Waals surface area contributed by atoms with Crippen LogP contribution >= 0.6 is 23.2 Å². The zero-order valence-electron chi connectivity index (χ0n) is 12.3. The van der Waals surface area contributed by atoms with E-state index in [2.05, 4.69) is 20.8 Å². The maximum Gasteiger partial charge on any atom is 0.141 e. The second kappa shape index (κ2) is 7.02. The molecule has 0 amide bonds. The van der Waals surface area contributed by atoms with Crippen molar-refractivity contribution in [1.82, 2.24) is 0 Å². The molecule has 112 valence electrons. The highest BCUT2D eigenvalue weighted by Gasteiger charge is 2.36. The fraction of sp³-hybridized carbons (Fsp3) is 0.625. The van der Waals surface area contributed by atoms with Crippen LogP contribution in [0.15, 0.2) is 12.1 Å². The first kappa shape index (κ1) is 15.9. The molecule has 1 aliphatic heterocycles. The SMILES string of the molecule is CCCOc1c(Cl)cc(Cl)cc1C(CC)CC1OC1C. The van der Waals surface area contributed by atoms with E-state index >= 15 is 0 Å². The van der Waals surface area contributed by atoms with Gasteiger partial charge in [-0.25, -0.2) is 0 Å². The second-order valence-corrected chi connectivity index (χ2v) is 6.22. The largest absolute Gasteiger partial charge is 0.492 e. The predicted molar refractivity (Wildman–Crippen MR) is 84.2 cm³/mol. The molecule has 0 aliphatic carbocycles. The molecule has 20 heavy (non-hydrogen) atoms. The van der Waals surface area contributed by atoms with Crippen LogP contribution in [-0.4, -0.2) is 18.8 Å². The molecular formula is C16H22Cl2O2. The van der Waals surface area contributed by atoms with Crippen molar-refractivity contribution in [2.24, 2.45) is 0 Å². The number of halogens is 2. The van der Waals surface area contributed by atoms with Gasteiger partial charge in [0, 0.05) is 10.6 Å². The minimum absolute atomic E-state index is 0.358. The van der Waals surface area contributed by atoms with Gasteiger partial charge in [-0.15, -0.1) is 0 Å². The van der Waals surface area contributed by atoms with Crippen molar-refractivity contribution < 1.29 is 9.47 Å². The van der Waals surface area contributed by atoms with Gasteiger partial charge in [-0.05, 0) is 44.2 Å². The molecule has 0 N–H and O–H groups in total. The van der Waals surface area contributed by atoms with E-state index in [1.165, 1.54) is 0 Å². The summed E-state index contributed by atoms with van der Waals surface area (Å²) in [5.74, 6) is 1.16. The van der Waals surface area contributed by atoms with Crippen molar-refractivity contribution >= 4 is 23.2 Å². The van der Waals surface area contributed by atoms with Crippen molar-refractivity contribution in [2.75, 3.05) is 6.61 Å². The second-order valence-electron chi connectivity index (χ2n) is 5.37. The molecular weight excluding hydrogens is 295 g/mol. The average molecular weight is 317 g/mol. The van der Waals surface area contributed by atoms with Gasteiger partial charge in [0.25, 0.3) is 0 Å². The quantitative estimate of drug-likeness (QED) is 0.623. The number of hydrogen-bond donors (Lipinski definition) is 0. The highest BCUT2D eigenvalue weighted by molar-refractivity contribution is 6.35. The third-order valence-electron chi connectivity index (χ3n) is 3.77. The van der Waals surface area contributed by atoms with Gasteiger partial charge in [0.1, 0.15) is 5.75 Å². The summed E-state index contributed by atoms with van der Waals surface area (Å²) in [6, 6.07) is 3.74. The first-order chi connectivity index (χ1) is 9.56. The molecule has 1 heterocycles. The smallest absolute Gasteiger partial charge is 0.141 e. The lowest BCUT2D eigenvalue weighted by Gasteiger charge is -2.20. The van der Waals surface area contributed by atoms with Gasteiger partial charge in [0.2, 0.25) is 0 Å². The fourth-order valence-corrected chi connectivity index (χ4v) is 3.08. The van der Waals surface area contributed by atoms with E-state index < -0.39 is 0 Å². The Kier molecular flexibility index (Phi) is 5.59. The Labute approximate surface area is 131 Å². The standard InChI is InChI=1S/C16H22Cl2O2/c1-4-6-19-16-13(8-12(17)9-14(16)18)11(5-2)7-15-10(3)20-15/h8-11,15H,4-7H2,1-3H3. The van der Waals surface area contributed by atoms with Gasteiger partial charge < -0.3 is 9.47 Å². The Morgan fingerprint density at radius 3 is 2.55 bits per heavy atom. The zero-order chi connectivity index (χ0) is 14.7. The summed E-state index contributed by atoms with van der Waals surface area (Å²) in [6.45, 7) is 7.04. The van der Waals surface area contributed by atoms with Crippen molar-refractivity contribution in [3.8, 4) is 5.75 Å². The van der Waals surface area contributed by atoms with E-state index in [4.69, 9.17) is 32.7 Å². The number of epoxide rings is 1. The van der Waals surface area contributed by atoms with Gasteiger partial charge in [-0.1, -0.05) is 37.0 Å². The summed E-state index contributed by atoms with van der Waals surface area (Å²) in [7, 11) is 0. The Morgan fingerprint density at radius 2 is 2.00 bits per heavy atom. The molecule has 1 saturated heterocycles. The molecule has 0 aromatic heterocycles. The lowest BCUT2D eigenvalue weighted by molar-refractivity contribution is 0.308. The number of rotatable bonds is 7. The Morgan fingerprint density at radius 1 is 1.30 bits per heavy atom. The molecule has 0 spiro atoms. The lowest BCUT2D eigenvalue weighted by atomic mass is 9.90. The molecule has 3 unspecified atom stereocenters. The Hall–Kier alpha value is -0.440. The van der Waals surface area contributed by atoms with E-state index in [0.29, 0.717) is 34.8 Å². The summed E-state index contributed by atoms with van der Waals surface area (Å²) in [4.78, 5) is 0. The average Bonchev–Trinajstić information content (AvgIpc) is 3.10. The van der Waals surface area contributed by atoms with E-state index in [-0.39, 0.29) is 0 Å². The number of hydrogen-bond acceptors (Lipinski definition) is 2. The van der Waals surface area contributed by atoms with Crippen molar-refractivity contribution in [3.05, 3.63) is 27.7 Å². The first-order valence-electron chi connectivity index (χ1n) is 7.34. The van der Waals surface area contributed by atoms with Crippen molar-refractivity contribution in [2.45, 2.75) is 58.2 Å². The Balaban J connectivity index is 2.25. The van der Waals surface area contributed by atoms with Gasteiger partial charge in [-0.3, -0.25) is 0 Å². The molecule has 2 rings (SSSR count). The summed E-state index contributed by atoms with van der Waals surface area (Å²) >= 11 is 12.5. The van der Waals surface area contributed by atoms with Crippen LogP contribution in [0.3, 0.4) is 0 Å². The molecule has 1 fully saturated rings. The molecule has 1 aliphatic rings. The van der Waals surface area contributed by atoms with Crippen molar-refractivity contribution in [1.29, 1.82) is 0 Å². The minimum atomic E-state index is 0.358. The van der Waals surface area contributed by atoms with Crippen LogP contribution < -0.4 is 4.74 Å². The summed E-state index contributed by atoms with van der Waals surface area (Å²) in [6.07, 6.45) is 3.70. The third-order valence-corrected chi connectivity index (χ3v) is 4.27. The fourth-order valence-electron chi connectivity index (χ4n) is 2.51. The molecule has 0 bridgehead atoms. The van der Waals surface area contributed by atoms with Crippen LogP contribution in [0.1, 0.15) is 51.5 Å². The van der Waals surface area contributed by atoms with E-state index in [1.807, 2.05) is 6.07 Å². The van der Waals surface area contributed by atoms with Crippen LogP contribution in [-0.2, 0) is 4.74 Å². The van der Waals surface area contributed by atoms with Crippen LogP contribution in [0, 0.1) is 0 Å². The summed E-state index contributed by atoms with van der Waals surface area (Å²) in [5.41, 5.74) is 1.11. The highest BCUT2D eigenvalue weighted by atomic mass is 35.5. The van der Waals surface area contributed by atoms with Crippen molar-refractivity contribution in [3.63, 3.8) is 0 Å². The minimum Gasteiger partial charge on any atom is -0.492 e. The summed E-state index contributed by atoms with van der Waals surface area (Å²) < 4.78 is 11.4. The Bertz CT molecular complexity index is 462. The maximum absolute atomic E-state index is 6.31.